The molecule has 12 nitrogen and oxygen atoms in total. The van der Waals surface area contributed by atoms with Gasteiger partial charge in [-0.05, 0) is 37.0 Å². The molecule has 0 rings (SSSR count). The molecule has 37 heavy (non-hydrogen) atoms. The number of aliphatic carboxylic acids is 3. The summed E-state index contributed by atoms with van der Waals surface area (Å²) >= 11 is 0. The van der Waals surface area contributed by atoms with E-state index in [4.69, 9.17) is 0 Å². The number of carboxylic acid groups (broad SMARTS) is 3. The summed E-state index contributed by atoms with van der Waals surface area (Å²) in [6, 6.07) is -2.58. The van der Waals surface area contributed by atoms with Gasteiger partial charge in [0, 0.05) is 20.8 Å². The van der Waals surface area contributed by atoms with Crippen molar-refractivity contribution in [1.29, 1.82) is 0 Å². The average Bonchev–Trinajstić information content (AvgIpc) is 2.65. The van der Waals surface area contributed by atoms with Gasteiger partial charge < -0.3 is 45.7 Å². The predicted octanol–water partition coefficient (Wildman–Crippen LogP) is -2.52. The summed E-state index contributed by atoms with van der Waals surface area (Å²) in [5.74, 6) is -4.03. The van der Waals surface area contributed by atoms with Crippen LogP contribution in [0.15, 0.2) is 0 Å². The Balaban J connectivity index is -0.000000218. The molecule has 0 spiro atoms. The van der Waals surface area contributed by atoms with Crippen LogP contribution in [0.3, 0.4) is 0 Å². The number of nitrogens with one attached hydrogen (secondary N) is 3. The largest absolute Gasteiger partial charge is 3.00 e. The van der Waals surface area contributed by atoms with Crippen molar-refractivity contribution in [2.24, 2.45) is 17.8 Å². The summed E-state index contributed by atoms with van der Waals surface area (Å²) in [7, 11) is 0. The Morgan fingerprint density at radius 2 is 0.649 bits per heavy atom. The zero-order valence-corrected chi connectivity index (χ0v) is 25.8. The predicted molar refractivity (Wildman–Crippen MR) is 132 cm³/mol. The molecule has 0 fully saturated rings. The molecule has 0 aromatic carbocycles. The fourth-order valence-corrected chi connectivity index (χ4v) is 2.79. The summed E-state index contributed by atoms with van der Waals surface area (Å²) in [5, 5.41) is 38.3. The smallest absolute Gasteiger partial charge is 0.548 e. The minimum atomic E-state index is -1.22. The third-order valence-corrected chi connectivity index (χ3v) is 4.11. The van der Waals surface area contributed by atoms with Crippen LogP contribution in [0.4, 0.5) is 0 Å². The van der Waals surface area contributed by atoms with Crippen molar-refractivity contribution in [2.45, 2.75) is 99.7 Å². The molecule has 3 amide bonds. The zero-order chi connectivity index (χ0) is 29.2. The van der Waals surface area contributed by atoms with Gasteiger partial charge in [-0.25, -0.2) is 0 Å². The SMILES string of the molecule is CC(=O)N[C@@H](CC(C)C)C(=O)[O-].CC(=O)N[C@@H](CC(C)C)C(=O)[O-].CC(=O)N[C@@H](CC(C)C)C(=O)[O-].[Ga+3]. The van der Waals surface area contributed by atoms with Crippen LogP contribution < -0.4 is 31.3 Å². The van der Waals surface area contributed by atoms with E-state index < -0.39 is 36.0 Å². The Kier molecular flexibility index (Phi) is 25.4. The van der Waals surface area contributed by atoms with E-state index >= 15 is 0 Å². The number of amides is 3. The van der Waals surface area contributed by atoms with Crippen molar-refractivity contribution in [2.75, 3.05) is 0 Å². The van der Waals surface area contributed by atoms with E-state index in [-0.39, 0.29) is 55.3 Å². The molecule has 0 aliphatic heterocycles. The van der Waals surface area contributed by atoms with Gasteiger partial charge in [0.2, 0.25) is 17.7 Å². The maximum atomic E-state index is 10.5. The molecule has 0 aliphatic carbocycles. The summed E-state index contributed by atoms with van der Waals surface area (Å²) in [6.45, 7) is 15.2. The monoisotopic (exact) mass is 585 g/mol. The first-order valence-corrected chi connectivity index (χ1v) is 11.7. The van der Waals surface area contributed by atoms with Crippen molar-refractivity contribution < 1.29 is 44.1 Å². The zero-order valence-electron chi connectivity index (χ0n) is 23.3. The molecule has 210 valence electrons. The van der Waals surface area contributed by atoms with E-state index in [1.165, 1.54) is 20.8 Å². The summed E-state index contributed by atoms with van der Waals surface area (Å²) < 4.78 is 0. The standard InChI is InChI=1S/3C8H15NO3.Ga/c3*1-5(2)4-7(8(11)12)9-6(3)10;/h3*5,7H,4H2,1-3H3,(H,9,10)(H,11,12);/q;;;+3/p-3/t3*7-;/m000./s1. The quantitative estimate of drug-likeness (QED) is 0.206. The molecule has 13 heteroatoms. The van der Waals surface area contributed by atoms with E-state index in [2.05, 4.69) is 16.0 Å². The Labute approximate surface area is 232 Å². The van der Waals surface area contributed by atoms with E-state index in [9.17, 15) is 44.1 Å². The molecule has 0 saturated heterocycles. The molecule has 0 bridgehead atoms. The normalized spacial score (nSPS) is 12.3. The summed E-state index contributed by atoms with van der Waals surface area (Å²) in [5.41, 5.74) is 0. The minimum Gasteiger partial charge on any atom is -0.548 e. The molecular weight excluding hydrogens is 544 g/mol. The molecule has 3 atom stereocenters. The van der Waals surface area contributed by atoms with Crippen molar-refractivity contribution in [3.8, 4) is 0 Å². The second kappa shape index (κ2) is 22.6. The van der Waals surface area contributed by atoms with Crippen molar-refractivity contribution in [1.82, 2.24) is 16.0 Å². The second-order valence-corrected chi connectivity index (χ2v) is 9.61. The fourth-order valence-electron chi connectivity index (χ4n) is 2.79. The van der Waals surface area contributed by atoms with Gasteiger partial charge in [-0.2, -0.15) is 0 Å². The molecule has 0 aromatic heterocycles. The molecule has 3 N–H and O–H groups in total. The number of hydrogen-bond acceptors (Lipinski definition) is 9. The van der Waals surface area contributed by atoms with Gasteiger partial charge in [0.1, 0.15) is 0 Å². The molecule has 0 saturated carbocycles. The summed E-state index contributed by atoms with van der Waals surface area (Å²) in [6.07, 6.45) is 1.21. The topological polar surface area (TPSA) is 208 Å². The van der Waals surface area contributed by atoms with Crippen LogP contribution in [0.1, 0.15) is 81.6 Å². The van der Waals surface area contributed by atoms with Crippen LogP contribution in [0.2, 0.25) is 0 Å². The molecule has 0 radical (unpaired) electrons. The van der Waals surface area contributed by atoms with Gasteiger partial charge >= 0.3 is 19.8 Å². The summed E-state index contributed by atoms with van der Waals surface area (Å²) in [4.78, 5) is 62.9. The van der Waals surface area contributed by atoms with E-state index in [0.717, 1.165) is 0 Å². The average molecular weight is 586 g/mol. The number of carbonyl (C=O) groups excluding carboxylic acids is 6. The molecule has 0 unspecified atom stereocenters. The Bertz CT molecular complexity index is 633. The molecule has 0 heterocycles. The third-order valence-electron chi connectivity index (χ3n) is 4.11. The van der Waals surface area contributed by atoms with Crippen LogP contribution >= 0.6 is 0 Å². The van der Waals surface area contributed by atoms with Gasteiger partial charge in [0.25, 0.3) is 0 Å². The van der Waals surface area contributed by atoms with Crippen LogP contribution in [0, 0.1) is 17.8 Å². The van der Waals surface area contributed by atoms with E-state index in [1.54, 1.807) is 0 Å². The van der Waals surface area contributed by atoms with Crippen LogP contribution in [0.25, 0.3) is 0 Å². The number of rotatable bonds is 12. The van der Waals surface area contributed by atoms with Gasteiger partial charge in [0.15, 0.2) is 0 Å². The molecule has 0 aromatic rings. The van der Waals surface area contributed by atoms with Gasteiger partial charge in [-0.1, -0.05) is 41.5 Å². The van der Waals surface area contributed by atoms with Gasteiger partial charge in [-0.15, -0.1) is 0 Å². The van der Waals surface area contributed by atoms with Gasteiger partial charge in [0.05, 0.1) is 36.0 Å². The van der Waals surface area contributed by atoms with E-state index in [1.807, 2.05) is 41.5 Å². The maximum Gasteiger partial charge on any atom is 3.00 e. The molecule has 0 aliphatic rings. The first-order chi connectivity index (χ1) is 16.3. The van der Waals surface area contributed by atoms with E-state index in [0.29, 0.717) is 19.3 Å². The Hall–Kier alpha value is -2.54. The number of hydrogen-bond donors (Lipinski definition) is 3. The molecular formula is C24H42GaN3O9. The van der Waals surface area contributed by atoms with Crippen molar-refractivity contribution in [3.05, 3.63) is 0 Å². The number of carbonyl (C=O) groups is 6. The fraction of sp³-hybridized carbons (Fsp3) is 0.750. The van der Waals surface area contributed by atoms with Crippen LogP contribution in [0.5, 0.6) is 0 Å². The van der Waals surface area contributed by atoms with Crippen molar-refractivity contribution >= 4 is 55.4 Å². The first kappa shape index (κ1) is 41.6. The Morgan fingerprint density at radius 3 is 0.730 bits per heavy atom. The van der Waals surface area contributed by atoms with Crippen LogP contribution in [-0.4, -0.2) is 73.5 Å². The number of carboxylic acids is 3. The van der Waals surface area contributed by atoms with Gasteiger partial charge in [-0.3, -0.25) is 14.4 Å². The Morgan fingerprint density at radius 1 is 0.486 bits per heavy atom. The maximum absolute atomic E-state index is 10.5. The first-order valence-electron chi connectivity index (χ1n) is 11.7. The third kappa shape index (κ3) is 29.6. The van der Waals surface area contributed by atoms with Crippen molar-refractivity contribution in [3.63, 3.8) is 0 Å². The van der Waals surface area contributed by atoms with Crippen LogP contribution in [-0.2, 0) is 28.8 Å². The second-order valence-electron chi connectivity index (χ2n) is 9.61. The minimum absolute atomic E-state index is 0.